The van der Waals surface area contributed by atoms with E-state index in [-0.39, 0.29) is 0 Å². The van der Waals surface area contributed by atoms with E-state index in [0.717, 1.165) is 28.4 Å². The molecule has 0 amide bonds. The summed E-state index contributed by atoms with van der Waals surface area (Å²) in [5.74, 6) is 0.451. The summed E-state index contributed by atoms with van der Waals surface area (Å²) in [4.78, 5) is 5.04. The molecule has 0 fully saturated rings. The number of sulfonamides is 1. The van der Waals surface area contributed by atoms with Gasteiger partial charge in [0.2, 0.25) is 10.0 Å². The van der Waals surface area contributed by atoms with Crippen LogP contribution in [-0.2, 0) is 17.1 Å². The van der Waals surface area contributed by atoms with Crippen molar-refractivity contribution >= 4 is 21.4 Å². The maximum Gasteiger partial charge on any atom is 0.242 e. The Morgan fingerprint density at radius 3 is 2.59 bits per heavy atom. The van der Waals surface area contributed by atoms with E-state index in [2.05, 4.69) is 18.6 Å². The summed E-state index contributed by atoms with van der Waals surface area (Å²) in [6, 6.07) is 11.7. The van der Waals surface area contributed by atoms with Crippen molar-refractivity contribution in [1.82, 2.24) is 14.3 Å². The number of nitrogens with zero attached hydrogens (tertiary/aromatic N) is 2. The van der Waals surface area contributed by atoms with Gasteiger partial charge in [0.15, 0.2) is 0 Å². The smallest absolute Gasteiger partial charge is 0.242 e. The molecule has 2 aromatic heterocycles. The molecule has 144 valence electrons. The molecule has 0 spiro atoms. The minimum Gasteiger partial charge on any atom is -0.345 e. The monoisotopic (exact) mass is 403 g/mol. The van der Waals surface area contributed by atoms with Gasteiger partial charge in [0.05, 0.1) is 11.4 Å². The van der Waals surface area contributed by atoms with E-state index < -0.39 is 10.0 Å². The summed E-state index contributed by atoms with van der Waals surface area (Å²) >= 11 is 1.52. The standard InChI is InChI=1S/C20H25N3O2S2/c1-14(2)10-11-21-27(24,25)19-12-18(23(4)15(19)3)20-22-17(13-26-20)16-8-6-5-7-9-16/h5-9,12-14,21H,10-11H2,1-4H3. The predicted molar refractivity (Wildman–Crippen MR) is 111 cm³/mol. The highest BCUT2D eigenvalue weighted by Gasteiger charge is 2.23. The molecule has 0 aliphatic heterocycles. The Bertz CT molecular complexity index is 1020. The van der Waals surface area contributed by atoms with Gasteiger partial charge >= 0.3 is 0 Å². The van der Waals surface area contributed by atoms with Gasteiger partial charge in [0.1, 0.15) is 9.90 Å². The average Bonchev–Trinajstić information content (AvgIpc) is 3.21. The van der Waals surface area contributed by atoms with Gasteiger partial charge in [0, 0.05) is 30.2 Å². The van der Waals surface area contributed by atoms with Gasteiger partial charge in [-0.15, -0.1) is 11.3 Å². The number of aromatic nitrogens is 2. The van der Waals surface area contributed by atoms with Crippen molar-refractivity contribution in [2.75, 3.05) is 6.54 Å². The van der Waals surface area contributed by atoms with Gasteiger partial charge in [-0.1, -0.05) is 44.2 Å². The van der Waals surface area contributed by atoms with Gasteiger partial charge in [0.25, 0.3) is 0 Å². The van der Waals surface area contributed by atoms with Crippen LogP contribution in [0.1, 0.15) is 26.0 Å². The molecule has 7 heteroatoms. The minimum atomic E-state index is -3.54. The topological polar surface area (TPSA) is 64.0 Å². The van der Waals surface area contributed by atoms with Crippen LogP contribution in [0, 0.1) is 12.8 Å². The predicted octanol–water partition coefficient (Wildman–Crippen LogP) is 4.45. The molecule has 0 radical (unpaired) electrons. The molecule has 1 N–H and O–H groups in total. The van der Waals surface area contributed by atoms with Gasteiger partial charge in [-0.2, -0.15) is 0 Å². The van der Waals surface area contributed by atoms with Crippen LogP contribution in [0.4, 0.5) is 0 Å². The summed E-state index contributed by atoms with van der Waals surface area (Å²) in [7, 11) is -1.66. The van der Waals surface area contributed by atoms with Crippen LogP contribution in [0.15, 0.2) is 46.7 Å². The lowest BCUT2D eigenvalue weighted by molar-refractivity contribution is 0.551. The van der Waals surface area contributed by atoms with Crippen molar-refractivity contribution in [2.24, 2.45) is 13.0 Å². The third kappa shape index (κ3) is 4.31. The molecule has 0 saturated heterocycles. The second-order valence-corrected chi connectivity index (χ2v) is 9.62. The summed E-state index contributed by atoms with van der Waals surface area (Å²) in [6.07, 6.45) is 0.810. The van der Waals surface area contributed by atoms with Crippen LogP contribution < -0.4 is 4.72 Å². The minimum absolute atomic E-state index is 0.320. The number of thiazole rings is 1. The first-order chi connectivity index (χ1) is 12.8. The van der Waals surface area contributed by atoms with Crippen LogP contribution >= 0.6 is 11.3 Å². The third-order valence-electron chi connectivity index (χ3n) is 4.59. The summed E-state index contributed by atoms with van der Waals surface area (Å²) in [6.45, 7) is 6.42. The molecule has 27 heavy (non-hydrogen) atoms. The zero-order chi connectivity index (χ0) is 19.6. The maximum atomic E-state index is 12.7. The Kier molecular flexibility index (Phi) is 5.83. The highest BCUT2D eigenvalue weighted by Crippen LogP contribution is 2.32. The number of hydrogen-bond donors (Lipinski definition) is 1. The van der Waals surface area contributed by atoms with E-state index in [1.807, 2.05) is 54.3 Å². The number of benzene rings is 1. The number of rotatable bonds is 7. The van der Waals surface area contributed by atoms with Crippen LogP contribution in [0.25, 0.3) is 22.0 Å². The highest BCUT2D eigenvalue weighted by molar-refractivity contribution is 7.89. The molecule has 0 saturated carbocycles. The van der Waals surface area contributed by atoms with Gasteiger partial charge in [-0.3, -0.25) is 0 Å². The second kappa shape index (κ2) is 7.96. The molecular weight excluding hydrogens is 378 g/mol. The van der Waals surface area contributed by atoms with Crippen molar-refractivity contribution in [3.8, 4) is 22.0 Å². The maximum absolute atomic E-state index is 12.7. The van der Waals surface area contributed by atoms with E-state index in [4.69, 9.17) is 4.98 Å². The van der Waals surface area contributed by atoms with E-state index in [1.54, 1.807) is 6.07 Å². The first-order valence-corrected chi connectivity index (χ1v) is 11.3. The fourth-order valence-electron chi connectivity index (χ4n) is 2.84. The molecule has 0 aliphatic carbocycles. The SMILES string of the molecule is Cc1c(S(=O)(=O)NCCC(C)C)cc(-c2nc(-c3ccccc3)cs2)n1C. The molecule has 0 atom stereocenters. The Hall–Kier alpha value is -1.96. The van der Waals surface area contributed by atoms with Crippen LogP contribution in [0.3, 0.4) is 0 Å². The summed E-state index contributed by atoms with van der Waals surface area (Å²) in [5, 5.41) is 2.81. The van der Waals surface area contributed by atoms with E-state index in [9.17, 15) is 8.42 Å². The third-order valence-corrected chi connectivity index (χ3v) is 7.03. The quantitative estimate of drug-likeness (QED) is 0.634. The molecule has 3 rings (SSSR count). The van der Waals surface area contributed by atoms with Crippen molar-refractivity contribution in [3.05, 3.63) is 47.5 Å². The molecule has 2 heterocycles. The van der Waals surface area contributed by atoms with Crippen molar-refractivity contribution in [3.63, 3.8) is 0 Å². The van der Waals surface area contributed by atoms with Crippen molar-refractivity contribution in [2.45, 2.75) is 32.1 Å². The average molecular weight is 404 g/mol. The first-order valence-electron chi connectivity index (χ1n) is 8.97. The summed E-state index contributed by atoms with van der Waals surface area (Å²) < 4.78 is 30.0. The van der Waals surface area contributed by atoms with Crippen molar-refractivity contribution in [1.29, 1.82) is 0 Å². The molecule has 0 unspecified atom stereocenters. The first kappa shape index (κ1) is 19.8. The Balaban J connectivity index is 1.91. The molecule has 1 aromatic carbocycles. The molecular formula is C20H25N3O2S2. The van der Waals surface area contributed by atoms with Gasteiger partial charge in [-0.05, 0) is 25.3 Å². The fraction of sp³-hybridized carbons (Fsp3) is 0.350. The molecule has 0 aliphatic rings. The molecule has 3 aromatic rings. The van der Waals surface area contributed by atoms with Crippen molar-refractivity contribution < 1.29 is 8.42 Å². The van der Waals surface area contributed by atoms with E-state index >= 15 is 0 Å². The van der Waals surface area contributed by atoms with E-state index in [1.165, 1.54) is 11.3 Å². The van der Waals surface area contributed by atoms with Gasteiger partial charge in [-0.25, -0.2) is 18.1 Å². The molecule has 0 bridgehead atoms. The van der Waals surface area contributed by atoms with E-state index in [0.29, 0.717) is 23.1 Å². The lowest BCUT2D eigenvalue weighted by Crippen LogP contribution is -2.26. The Labute approximate surface area is 165 Å². The lowest BCUT2D eigenvalue weighted by atomic mass is 10.1. The fourth-order valence-corrected chi connectivity index (χ4v) is 5.06. The zero-order valence-electron chi connectivity index (χ0n) is 16.1. The van der Waals surface area contributed by atoms with Crippen LogP contribution in [-0.4, -0.2) is 24.5 Å². The normalized spacial score (nSPS) is 12.0. The summed E-state index contributed by atoms with van der Waals surface area (Å²) in [5.41, 5.74) is 3.46. The van der Waals surface area contributed by atoms with Crippen LogP contribution in [0.5, 0.6) is 0 Å². The zero-order valence-corrected chi connectivity index (χ0v) is 17.7. The number of nitrogens with one attached hydrogen (secondary N) is 1. The van der Waals surface area contributed by atoms with Crippen LogP contribution in [0.2, 0.25) is 0 Å². The number of hydrogen-bond acceptors (Lipinski definition) is 4. The van der Waals surface area contributed by atoms with Gasteiger partial charge < -0.3 is 4.57 Å². The highest BCUT2D eigenvalue weighted by atomic mass is 32.2. The second-order valence-electron chi connectivity index (χ2n) is 7.02. The molecule has 5 nitrogen and oxygen atoms in total. The largest absolute Gasteiger partial charge is 0.345 e. The Morgan fingerprint density at radius 1 is 1.22 bits per heavy atom. The lowest BCUT2D eigenvalue weighted by Gasteiger charge is -2.08. The Morgan fingerprint density at radius 2 is 1.93 bits per heavy atom.